The van der Waals surface area contributed by atoms with E-state index in [1.807, 2.05) is 0 Å². The van der Waals surface area contributed by atoms with Crippen LogP contribution in [0.4, 0.5) is 11.8 Å². The van der Waals surface area contributed by atoms with Crippen molar-refractivity contribution in [3.63, 3.8) is 0 Å². The molecule has 1 rings (SSSR count). The number of nitrogens with zero attached hydrogens (tertiary/aromatic N) is 2. The van der Waals surface area contributed by atoms with Gasteiger partial charge in [0, 0.05) is 24.7 Å². The second-order valence-electron chi connectivity index (χ2n) is 5.03. The first kappa shape index (κ1) is 24.7. The lowest BCUT2D eigenvalue weighted by molar-refractivity contribution is -0.165. The van der Waals surface area contributed by atoms with Crippen molar-refractivity contribution in [2.45, 2.75) is 6.92 Å². The molecule has 158 valence electrons. The third-order valence-electron chi connectivity index (χ3n) is 2.78. The first-order valence-electron chi connectivity index (χ1n) is 7.65. The van der Waals surface area contributed by atoms with Gasteiger partial charge in [-0.25, -0.2) is 19.1 Å². The number of hydrogen-bond acceptors (Lipinski definition) is 12. The number of carbonyl (C=O) groups excluding carboxylic acids is 1. The minimum Gasteiger partial charge on any atom is -0.473 e. The molecule has 28 heavy (non-hydrogen) atoms. The summed E-state index contributed by atoms with van der Waals surface area (Å²) in [5.41, 5.74) is 11.6. The van der Waals surface area contributed by atoms with Crippen LogP contribution in [0.1, 0.15) is 6.92 Å². The Kier molecular flexibility index (Phi) is 11.4. The van der Waals surface area contributed by atoms with Crippen molar-refractivity contribution in [1.29, 1.82) is 0 Å². The zero-order valence-electron chi connectivity index (χ0n) is 15.5. The minimum absolute atomic E-state index is 0.00827. The van der Waals surface area contributed by atoms with Crippen molar-refractivity contribution in [3.8, 4) is 5.88 Å². The molecule has 0 aliphatic heterocycles. The topological polar surface area (TPSA) is 167 Å². The van der Waals surface area contributed by atoms with Gasteiger partial charge in [-0.15, -0.1) is 0 Å². The smallest absolute Gasteiger partial charge is 0.302 e. The van der Waals surface area contributed by atoms with Gasteiger partial charge in [0.25, 0.3) is 0 Å². The summed E-state index contributed by atoms with van der Waals surface area (Å²) in [5, 5.41) is 0. The van der Waals surface area contributed by atoms with Crippen LogP contribution in [0, 0.1) is 0 Å². The van der Waals surface area contributed by atoms with E-state index < -0.39 is 29.5 Å². The molecule has 15 heteroatoms. The SMILES string of the molecule is COOPP(=O)(C/C=C(\COC(C)=O)COc1cc(N)nc(N)n1)POOC. The lowest BCUT2D eigenvalue weighted by atomic mass is 10.3. The van der Waals surface area contributed by atoms with Crippen LogP contribution in [0.15, 0.2) is 17.7 Å². The average Bonchev–Trinajstić information content (AvgIpc) is 2.63. The van der Waals surface area contributed by atoms with Gasteiger partial charge in [-0.05, 0) is 0 Å². The van der Waals surface area contributed by atoms with E-state index in [0.29, 0.717) is 5.57 Å². The Labute approximate surface area is 165 Å². The number of anilines is 2. The van der Waals surface area contributed by atoms with Crippen molar-refractivity contribution in [3.05, 3.63) is 17.7 Å². The van der Waals surface area contributed by atoms with Gasteiger partial charge in [0.05, 0.1) is 14.2 Å². The highest BCUT2D eigenvalue weighted by Crippen LogP contribution is 2.77. The number of allylic oxidation sites excluding steroid dienone is 1. The van der Waals surface area contributed by atoms with Crippen LogP contribution >= 0.6 is 23.5 Å². The predicted molar refractivity (Wildman–Crippen MR) is 106 cm³/mol. The molecule has 0 aliphatic rings. The molecular weight excluding hydrogens is 433 g/mol. The lowest BCUT2D eigenvalue weighted by Gasteiger charge is -2.15. The number of hydrogen-bond donors (Lipinski definition) is 2. The number of aromatic nitrogens is 2. The zero-order chi connectivity index (χ0) is 21.0. The standard InChI is InChI=1S/C13H23N4O8P3/c1-9(18)22-7-10(8-23-12-6-11(14)16-13(15)17-12)4-5-28(19,26-24-20-2)27-25-21-3/h4,6,26-27H,5,7-8H2,1-3H3,(H4,14,15,16,17)/b10-4+. The summed E-state index contributed by atoms with van der Waals surface area (Å²) in [7, 11) is 1.72. The molecule has 0 saturated heterocycles. The number of nitrogens with two attached hydrogens (primary N) is 2. The minimum atomic E-state index is -2.94. The summed E-state index contributed by atoms with van der Waals surface area (Å²) in [6.07, 6.45) is 1.71. The van der Waals surface area contributed by atoms with Gasteiger partial charge in [0.1, 0.15) is 36.0 Å². The van der Waals surface area contributed by atoms with Crippen LogP contribution < -0.4 is 16.2 Å². The van der Waals surface area contributed by atoms with Crippen LogP contribution in [0.5, 0.6) is 5.88 Å². The number of rotatable bonds is 13. The number of esters is 1. The van der Waals surface area contributed by atoms with Gasteiger partial charge in [0.2, 0.25) is 11.8 Å². The number of ether oxygens (including phenoxy) is 2. The van der Waals surface area contributed by atoms with Crippen molar-refractivity contribution in [1.82, 2.24) is 9.97 Å². The van der Waals surface area contributed by atoms with E-state index in [0.717, 1.165) is 0 Å². The highest BCUT2D eigenvalue weighted by Gasteiger charge is 2.25. The third-order valence-corrected chi connectivity index (χ3v) is 9.50. The molecule has 2 unspecified atom stereocenters. The molecule has 0 radical (unpaired) electrons. The summed E-state index contributed by atoms with van der Waals surface area (Å²) < 4.78 is 33.1. The summed E-state index contributed by atoms with van der Waals surface area (Å²) in [6, 6.07) is 1.40. The Morgan fingerprint density at radius 2 is 1.82 bits per heavy atom. The van der Waals surface area contributed by atoms with Crippen molar-refractivity contribution in [2.24, 2.45) is 0 Å². The maximum atomic E-state index is 12.9. The predicted octanol–water partition coefficient (Wildman–Crippen LogP) is 2.05. The molecule has 0 aliphatic carbocycles. The zero-order valence-corrected chi connectivity index (χ0v) is 18.4. The maximum Gasteiger partial charge on any atom is 0.302 e. The highest BCUT2D eigenvalue weighted by molar-refractivity contribution is 8.53. The largest absolute Gasteiger partial charge is 0.473 e. The average molecular weight is 456 g/mol. The first-order chi connectivity index (χ1) is 13.3. The van der Waals surface area contributed by atoms with Gasteiger partial charge >= 0.3 is 5.97 Å². The molecule has 12 nitrogen and oxygen atoms in total. The maximum absolute atomic E-state index is 12.9. The first-order valence-corrected chi connectivity index (χ1v) is 13.0. The quantitative estimate of drug-likeness (QED) is 0.146. The summed E-state index contributed by atoms with van der Waals surface area (Å²) in [6.45, 7) is -1.74. The van der Waals surface area contributed by atoms with Crippen LogP contribution in [0.3, 0.4) is 0 Å². The van der Waals surface area contributed by atoms with Crippen LogP contribution in [0.2, 0.25) is 0 Å². The van der Waals surface area contributed by atoms with Gasteiger partial charge in [0.15, 0.2) is 6.52 Å². The summed E-state index contributed by atoms with van der Waals surface area (Å²) in [5.74, 6) is -0.218. The molecule has 4 N–H and O–H groups in total. The molecular formula is C13H23N4O8P3. The van der Waals surface area contributed by atoms with E-state index in [-0.39, 0.29) is 37.0 Å². The summed E-state index contributed by atoms with van der Waals surface area (Å²) in [4.78, 5) is 27.8. The highest BCUT2D eigenvalue weighted by atomic mass is 32.5. The van der Waals surface area contributed by atoms with Crippen LogP contribution in [-0.4, -0.2) is 49.5 Å². The molecule has 0 bridgehead atoms. The van der Waals surface area contributed by atoms with Gasteiger partial charge in [-0.1, -0.05) is 6.08 Å². The van der Waals surface area contributed by atoms with Crippen LogP contribution in [0.25, 0.3) is 0 Å². The number of nitrogen functional groups attached to an aromatic ring is 2. The monoisotopic (exact) mass is 456 g/mol. The second kappa shape index (κ2) is 13.0. The Balaban J connectivity index is 2.87. The van der Waals surface area contributed by atoms with Gasteiger partial charge in [-0.3, -0.25) is 4.79 Å². The third kappa shape index (κ3) is 10.2. The van der Waals surface area contributed by atoms with Crippen molar-refractivity contribution in [2.75, 3.05) is 45.1 Å². The molecule has 0 amide bonds. The van der Waals surface area contributed by atoms with E-state index in [1.165, 1.54) is 27.2 Å². The molecule has 1 heterocycles. The molecule has 1 aromatic heterocycles. The molecule has 0 spiro atoms. The Bertz CT molecular complexity index is 689. The Morgan fingerprint density at radius 1 is 1.18 bits per heavy atom. The fourth-order valence-electron chi connectivity index (χ4n) is 1.60. The normalized spacial score (nSPS) is 14.6. The van der Waals surface area contributed by atoms with E-state index in [1.54, 1.807) is 6.08 Å². The van der Waals surface area contributed by atoms with Gasteiger partial charge < -0.3 is 25.5 Å². The van der Waals surface area contributed by atoms with E-state index in [2.05, 4.69) is 19.7 Å². The van der Waals surface area contributed by atoms with E-state index in [4.69, 9.17) is 30.3 Å². The molecule has 0 saturated carbocycles. The Morgan fingerprint density at radius 3 is 2.36 bits per heavy atom. The summed E-state index contributed by atoms with van der Waals surface area (Å²) >= 11 is 0. The fraction of sp³-hybridized carbons (Fsp3) is 0.462. The van der Waals surface area contributed by atoms with Gasteiger partial charge in [-0.2, -0.15) is 9.97 Å². The van der Waals surface area contributed by atoms with E-state index >= 15 is 0 Å². The Hall–Kier alpha value is -1.38. The second-order valence-corrected chi connectivity index (χ2v) is 14.3. The number of carbonyl (C=O) groups is 1. The molecule has 0 aromatic carbocycles. The fourth-order valence-corrected chi connectivity index (χ4v) is 5.98. The molecule has 0 fully saturated rings. The van der Waals surface area contributed by atoms with Crippen molar-refractivity contribution < 1.29 is 38.0 Å². The van der Waals surface area contributed by atoms with Crippen molar-refractivity contribution >= 4 is 41.2 Å². The molecule has 1 aromatic rings. The molecule has 2 atom stereocenters. The van der Waals surface area contributed by atoms with E-state index in [9.17, 15) is 9.36 Å². The lowest BCUT2D eigenvalue weighted by Crippen LogP contribution is -2.12. The van der Waals surface area contributed by atoms with Crippen LogP contribution in [-0.2, 0) is 33.2 Å².